The van der Waals surface area contributed by atoms with Gasteiger partial charge in [0.25, 0.3) is 0 Å². The van der Waals surface area contributed by atoms with E-state index in [4.69, 9.17) is 18.9 Å². The zero-order chi connectivity index (χ0) is 28.2. The fourth-order valence-corrected chi connectivity index (χ4v) is 4.96. The fourth-order valence-electron chi connectivity index (χ4n) is 4.96. The lowest BCUT2D eigenvalue weighted by Crippen LogP contribution is -2.57. The average molecular weight is 544 g/mol. The van der Waals surface area contributed by atoms with Crippen LogP contribution in [0.25, 0.3) is 0 Å². The molecular weight excluding hydrogens is 506 g/mol. The van der Waals surface area contributed by atoms with Crippen molar-refractivity contribution < 1.29 is 38.1 Å². The molecule has 0 radical (unpaired) electrons. The van der Waals surface area contributed by atoms with Crippen LogP contribution in [-0.2, 0) is 36.9 Å². The maximum absolute atomic E-state index is 13.7. The second-order valence-electron chi connectivity index (χ2n) is 11.1. The molecule has 11 heteroatoms. The summed E-state index contributed by atoms with van der Waals surface area (Å²) < 4.78 is 21.8. The van der Waals surface area contributed by atoms with Gasteiger partial charge < -0.3 is 29.2 Å². The highest BCUT2D eigenvalue weighted by atomic mass is 16.6. The maximum atomic E-state index is 13.7. The van der Waals surface area contributed by atoms with E-state index in [0.29, 0.717) is 38.3 Å². The first-order chi connectivity index (χ1) is 18.6. The molecule has 1 fully saturated rings. The van der Waals surface area contributed by atoms with Crippen LogP contribution in [0.2, 0.25) is 0 Å². The lowest BCUT2D eigenvalue weighted by molar-refractivity contribution is -0.152. The van der Waals surface area contributed by atoms with Crippen LogP contribution >= 0.6 is 0 Å². The molecule has 4 rings (SSSR count). The van der Waals surface area contributed by atoms with E-state index in [0.717, 1.165) is 11.1 Å². The Bertz CT molecular complexity index is 1130. The Hall–Kier alpha value is -3.76. The molecule has 0 aliphatic carbocycles. The van der Waals surface area contributed by atoms with Gasteiger partial charge >= 0.3 is 18.2 Å². The number of carbonyl (C=O) groups excluding carboxylic acids is 4. The maximum Gasteiger partial charge on any atom is 0.410 e. The molecule has 1 unspecified atom stereocenters. The SMILES string of the molecule is COC(=O)C1C[C@@H]2CN1C(=O)[C@H](C(C)(C)C)NC(=O)OCCC/C=C/COc1ccc3c(c1)CN(C3)C(=O)O2. The number of nitrogens with one attached hydrogen (secondary N) is 1. The van der Waals surface area contributed by atoms with Gasteiger partial charge in [0.05, 0.1) is 20.3 Å². The Balaban J connectivity index is 1.57. The van der Waals surface area contributed by atoms with Crippen LogP contribution in [0.15, 0.2) is 30.4 Å². The predicted octanol–water partition coefficient (Wildman–Crippen LogP) is 3.15. The summed E-state index contributed by atoms with van der Waals surface area (Å²) in [6.45, 7) is 6.75. The molecule has 0 aromatic heterocycles. The van der Waals surface area contributed by atoms with E-state index >= 15 is 0 Å². The molecule has 3 atom stereocenters. The summed E-state index contributed by atoms with van der Waals surface area (Å²) in [7, 11) is 1.24. The van der Waals surface area contributed by atoms with Crippen molar-refractivity contribution in [3.8, 4) is 5.75 Å². The Morgan fingerprint density at radius 1 is 1.08 bits per heavy atom. The molecule has 212 valence electrons. The predicted molar refractivity (Wildman–Crippen MR) is 140 cm³/mol. The molecule has 1 N–H and O–H groups in total. The molecule has 1 aromatic carbocycles. The molecular formula is C28H37N3O8. The topological polar surface area (TPSA) is 124 Å². The first-order valence-electron chi connectivity index (χ1n) is 13.2. The number of benzene rings is 1. The molecule has 1 saturated heterocycles. The van der Waals surface area contributed by atoms with Crippen LogP contribution in [0.1, 0.15) is 51.2 Å². The van der Waals surface area contributed by atoms with Gasteiger partial charge in [0.1, 0.15) is 30.5 Å². The fraction of sp³-hybridized carbons (Fsp3) is 0.571. The summed E-state index contributed by atoms with van der Waals surface area (Å²) >= 11 is 0. The largest absolute Gasteiger partial charge is 0.490 e. The van der Waals surface area contributed by atoms with E-state index in [2.05, 4.69) is 5.32 Å². The number of cyclic esters (lactones) is 1. The highest BCUT2D eigenvalue weighted by molar-refractivity contribution is 5.91. The third-order valence-corrected chi connectivity index (χ3v) is 7.08. The summed E-state index contributed by atoms with van der Waals surface area (Å²) in [5, 5.41) is 2.67. The molecule has 11 nitrogen and oxygen atoms in total. The minimum atomic E-state index is -0.983. The van der Waals surface area contributed by atoms with Gasteiger partial charge in [-0.15, -0.1) is 0 Å². The molecule has 3 heterocycles. The van der Waals surface area contributed by atoms with Gasteiger partial charge in [0.15, 0.2) is 0 Å². The minimum absolute atomic E-state index is 0.00123. The first-order valence-corrected chi connectivity index (χ1v) is 13.2. The van der Waals surface area contributed by atoms with Crippen LogP contribution < -0.4 is 10.1 Å². The zero-order valence-electron chi connectivity index (χ0n) is 22.9. The lowest BCUT2D eigenvalue weighted by Gasteiger charge is -2.34. The van der Waals surface area contributed by atoms with E-state index in [1.165, 1.54) is 12.0 Å². The number of amides is 3. The average Bonchev–Trinajstić information content (AvgIpc) is 3.51. The molecule has 0 spiro atoms. The second kappa shape index (κ2) is 12.0. The van der Waals surface area contributed by atoms with Gasteiger partial charge in [0, 0.05) is 19.5 Å². The standard InChI is InChI=1S/C28H37N3O8/c1-28(2,3)23-24(32)31-17-21(14-22(31)25(33)36-4)39-27(35)30-15-18-9-10-20(13-19(18)16-30)37-11-7-5-6-8-12-38-26(34)29-23/h5,7,9-10,13,21-23H,6,8,11-12,14-17H2,1-4H3,(H,29,34)/b7-5+/t21-,22?,23-/m1/s1. The van der Waals surface area contributed by atoms with Crippen LogP contribution in [0.4, 0.5) is 9.59 Å². The Kier molecular flexibility index (Phi) is 8.66. The number of ether oxygens (including phenoxy) is 4. The van der Waals surface area contributed by atoms with Crippen molar-refractivity contribution in [2.24, 2.45) is 5.41 Å². The van der Waals surface area contributed by atoms with Gasteiger partial charge in [-0.25, -0.2) is 14.4 Å². The summed E-state index contributed by atoms with van der Waals surface area (Å²) in [6, 6.07) is 3.80. The normalized spacial score (nSPS) is 25.5. The van der Waals surface area contributed by atoms with Crippen LogP contribution in [0.5, 0.6) is 5.75 Å². The van der Waals surface area contributed by atoms with Crippen molar-refractivity contribution >= 4 is 24.1 Å². The van der Waals surface area contributed by atoms with E-state index in [9.17, 15) is 19.2 Å². The van der Waals surface area contributed by atoms with E-state index in [1.54, 1.807) is 4.90 Å². The number of hydrogen-bond donors (Lipinski definition) is 1. The number of esters is 1. The Morgan fingerprint density at radius 2 is 1.85 bits per heavy atom. The Labute approximate surface area is 228 Å². The summed E-state index contributed by atoms with van der Waals surface area (Å²) in [4.78, 5) is 54.9. The van der Waals surface area contributed by atoms with Crippen molar-refractivity contribution in [1.82, 2.24) is 15.1 Å². The summed E-state index contributed by atoms with van der Waals surface area (Å²) in [5.74, 6) is -0.383. The number of nitrogens with zero attached hydrogens (tertiary/aromatic N) is 2. The molecule has 5 bridgehead atoms. The van der Waals surface area contributed by atoms with E-state index in [-0.39, 0.29) is 19.6 Å². The first kappa shape index (κ1) is 28.3. The molecule has 0 saturated carbocycles. The number of allylic oxidation sites excluding steroid dienone is 1. The van der Waals surface area contributed by atoms with Crippen molar-refractivity contribution in [1.29, 1.82) is 0 Å². The Morgan fingerprint density at radius 3 is 2.59 bits per heavy atom. The number of hydrogen-bond acceptors (Lipinski definition) is 8. The van der Waals surface area contributed by atoms with Crippen LogP contribution in [0.3, 0.4) is 0 Å². The van der Waals surface area contributed by atoms with Gasteiger partial charge in [-0.1, -0.05) is 39.0 Å². The van der Waals surface area contributed by atoms with Gasteiger partial charge in [-0.05, 0) is 41.5 Å². The molecule has 39 heavy (non-hydrogen) atoms. The van der Waals surface area contributed by atoms with E-state index in [1.807, 2.05) is 51.1 Å². The third-order valence-electron chi connectivity index (χ3n) is 7.08. The quantitative estimate of drug-likeness (QED) is 0.326. The van der Waals surface area contributed by atoms with Gasteiger partial charge in [-0.3, -0.25) is 9.69 Å². The minimum Gasteiger partial charge on any atom is -0.490 e. The van der Waals surface area contributed by atoms with Crippen molar-refractivity contribution in [2.75, 3.05) is 26.9 Å². The lowest BCUT2D eigenvalue weighted by atomic mass is 9.85. The number of alkyl carbamates (subject to hydrolysis) is 1. The molecule has 1 aromatic rings. The highest BCUT2D eigenvalue weighted by Gasteiger charge is 2.47. The molecule has 3 amide bonds. The van der Waals surface area contributed by atoms with Gasteiger partial charge in [-0.2, -0.15) is 0 Å². The van der Waals surface area contributed by atoms with Crippen molar-refractivity contribution in [3.63, 3.8) is 0 Å². The monoisotopic (exact) mass is 543 g/mol. The number of fused-ring (bicyclic) bond motifs is 4. The summed E-state index contributed by atoms with van der Waals surface area (Å²) in [5.41, 5.74) is 1.29. The molecule has 3 aliphatic heterocycles. The second-order valence-corrected chi connectivity index (χ2v) is 11.1. The van der Waals surface area contributed by atoms with E-state index < -0.39 is 47.7 Å². The van der Waals surface area contributed by atoms with Gasteiger partial charge in [0.2, 0.25) is 5.91 Å². The smallest absolute Gasteiger partial charge is 0.410 e. The molecule has 3 aliphatic rings. The number of rotatable bonds is 1. The summed E-state index contributed by atoms with van der Waals surface area (Å²) in [6.07, 6.45) is 3.28. The van der Waals surface area contributed by atoms with Crippen LogP contribution in [0, 0.1) is 5.41 Å². The zero-order valence-corrected chi connectivity index (χ0v) is 22.9. The van der Waals surface area contributed by atoms with Crippen LogP contribution in [-0.4, -0.2) is 78.9 Å². The van der Waals surface area contributed by atoms with Crippen molar-refractivity contribution in [2.45, 2.75) is 71.3 Å². The number of methoxy groups -OCH3 is 1. The highest BCUT2D eigenvalue weighted by Crippen LogP contribution is 2.30. The number of carbonyl (C=O) groups is 4. The van der Waals surface area contributed by atoms with Crippen molar-refractivity contribution in [3.05, 3.63) is 41.5 Å². The third kappa shape index (κ3) is 6.82.